The summed E-state index contributed by atoms with van der Waals surface area (Å²) in [4.78, 5) is 11.1. The molecule has 0 unspecified atom stereocenters. The van der Waals surface area contributed by atoms with Crippen molar-refractivity contribution in [1.29, 1.82) is 5.26 Å². The third kappa shape index (κ3) is 4.58. The molecule has 0 heterocycles. The van der Waals surface area contributed by atoms with Crippen molar-refractivity contribution in [3.8, 4) is 6.07 Å². The summed E-state index contributed by atoms with van der Waals surface area (Å²) in [7, 11) is 0. The molecule has 1 aromatic rings. The predicted molar refractivity (Wildman–Crippen MR) is 83.9 cm³/mol. The van der Waals surface area contributed by atoms with Crippen molar-refractivity contribution in [2.24, 2.45) is 5.73 Å². The fourth-order valence-electron chi connectivity index (χ4n) is 1.93. The smallest absolute Gasteiger partial charge is 0.316 e. The molecular formula is C16H25N3O. The molecule has 0 spiro atoms. The van der Waals surface area contributed by atoms with Crippen LogP contribution in [0, 0.1) is 11.3 Å². The average molecular weight is 275 g/mol. The molecule has 0 bridgehead atoms. The number of anilines is 1. The van der Waals surface area contributed by atoms with Gasteiger partial charge in [-0.15, -0.1) is 0 Å². The number of nitrogens with zero attached hydrogens (tertiary/aromatic N) is 1. The van der Waals surface area contributed by atoms with E-state index in [0.717, 1.165) is 16.8 Å². The molecule has 0 aliphatic rings. The third-order valence-corrected chi connectivity index (χ3v) is 2.82. The number of carbonyl (C=O) groups excluding carboxylic acids is 1. The zero-order valence-corrected chi connectivity index (χ0v) is 13.2. The van der Waals surface area contributed by atoms with Crippen LogP contribution in [0.3, 0.4) is 0 Å². The van der Waals surface area contributed by atoms with Gasteiger partial charge >= 0.3 is 6.03 Å². The zero-order chi connectivity index (χ0) is 15.9. The number of nitrogens with two attached hydrogens (primary N) is 1. The molecular weight excluding hydrogens is 250 g/mol. The molecule has 0 saturated carbocycles. The number of carbonyl (C=O) groups is 1. The molecule has 0 radical (unpaired) electrons. The molecule has 0 aliphatic carbocycles. The van der Waals surface area contributed by atoms with Crippen LogP contribution in [0.25, 0.3) is 0 Å². The van der Waals surface area contributed by atoms with Gasteiger partial charge in [0.15, 0.2) is 0 Å². The van der Waals surface area contributed by atoms with Crippen LogP contribution < -0.4 is 11.1 Å². The number of amides is 2. The Morgan fingerprint density at radius 2 is 1.55 bits per heavy atom. The maximum Gasteiger partial charge on any atom is 0.316 e. The minimum Gasteiger partial charge on any atom is -0.351 e. The molecule has 1 rings (SSSR count). The molecule has 0 fully saturated rings. The number of primary amides is 1. The molecule has 0 aromatic heterocycles. The number of hydrogen-bond acceptors (Lipinski definition) is 2. The molecule has 4 nitrogen and oxygen atoms in total. The molecule has 20 heavy (non-hydrogen) atoms. The highest BCUT2D eigenvalue weighted by atomic mass is 16.2. The first-order valence-corrected chi connectivity index (χ1v) is 7.01. The van der Waals surface area contributed by atoms with Crippen LogP contribution in [0.5, 0.6) is 0 Å². The lowest BCUT2D eigenvalue weighted by molar-refractivity contribution is 0.259. The number of benzene rings is 1. The van der Waals surface area contributed by atoms with E-state index in [-0.39, 0.29) is 11.8 Å². The lowest BCUT2D eigenvalue weighted by atomic mass is 9.90. The summed E-state index contributed by atoms with van der Waals surface area (Å²) in [5, 5.41) is 11.7. The second kappa shape index (κ2) is 8.21. The molecule has 0 aliphatic heterocycles. The van der Waals surface area contributed by atoms with E-state index >= 15 is 0 Å². The monoisotopic (exact) mass is 275 g/mol. The van der Waals surface area contributed by atoms with Crippen molar-refractivity contribution < 1.29 is 4.79 Å². The van der Waals surface area contributed by atoms with Crippen LogP contribution in [0.4, 0.5) is 10.5 Å². The standard InChI is InChI=1S/C14H19N3O.C2H6/c1-8(2)11-5-10(7-15)6-12(9(3)4)13(11)17-14(16)18;1-2/h5-6,8-9H,1-4H3,(H3,16,17,18);1-2H3. The van der Waals surface area contributed by atoms with Gasteiger partial charge < -0.3 is 11.1 Å². The van der Waals surface area contributed by atoms with Crippen molar-refractivity contribution in [2.75, 3.05) is 5.32 Å². The highest BCUT2D eigenvalue weighted by Gasteiger charge is 2.16. The van der Waals surface area contributed by atoms with Gasteiger partial charge in [-0.2, -0.15) is 5.26 Å². The summed E-state index contributed by atoms with van der Waals surface area (Å²) in [6, 6.07) is 5.19. The van der Waals surface area contributed by atoms with Crippen LogP contribution in [0.15, 0.2) is 12.1 Å². The minimum absolute atomic E-state index is 0.206. The topological polar surface area (TPSA) is 78.9 Å². The van der Waals surface area contributed by atoms with Crippen LogP contribution in [-0.4, -0.2) is 6.03 Å². The van der Waals surface area contributed by atoms with E-state index in [1.165, 1.54) is 0 Å². The Morgan fingerprint density at radius 3 is 1.80 bits per heavy atom. The van der Waals surface area contributed by atoms with Crippen molar-refractivity contribution in [1.82, 2.24) is 0 Å². The van der Waals surface area contributed by atoms with E-state index in [9.17, 15) is 4.79 Å². The lowest BCUT2D eigenvalue weighted by Gasteiger charge is -2.20. The molecule has 1 aromatic carbocycles. The average Bonchev–Trinajstić information content (AvgIpc) is 2.39. The Bertz CT molecular complexity index is 470. The second-order valence-electron chi connectivity index (χ2n) is 4.94. The second-order valence-corrected chi connectivity index (χ2v) is 4.94. The first kappa shape index (κ1) is 18.0. The maximum absolute atomic E-state index is 11.1. The number of urea groups is 1. The SMILES string of the molecule is CC.CC(C)c1cc(C#N)cc(C(C)C)c1NC(N)=O. The maximum atomic E-state index is 11.1. The number of hydrogen-bond donors (Lipinski definition) is 2. The van der Waals surface area contributed by atoms with Gasteiger partial charge in [0.05, 0.1) is 11.6 Å². The van der Waals surface area contributed by atoms with Crippen molar-refractivity contribution in [3.05, 3.63) is 28.8 Å². The largest absolute Gasteiger partial charge is 0.351 e. The predicted octanol–water partition coefficient (Wildman–Crippen LogP) is 4.32. The van der Waals surface area contributed by atoms with E-state index < -0.39 is 6.03 Å². The van der Waals surface area contributed by atoms with Crippen LogP contribution in [0.1, 0.15) is 70.1 Å². The normalized spacial score (nSPS) is 9.75. The molecule has 0 saturated heterocycles. The summed E-state index contributed by atoms with van der Waals surface area (Å²) in [6.45, 7) is 12.1. The molecule has 2 amide bonds. The number of nitriles is 1. The minimum atomic E-state index is -0.580. The first-order chi connectivity index (χ1) is 9.36. The van der Waals surface area contributed by atoms with Gasteiger partial charge in [-0.1, -0.05) is 41.5 Å². The van der Waals surface area contributed by atoms with Crippen LogP contribution in [-0.2, 0) is 0 Å². The van der Waals surface area contributed by atoms with Crippen LogP contribution in [0.2, 0.25) is 0 Å². The number of rotatable bonds is 3. The lowest BCUT2D eigenvalue weighted by Crippen LogP contribution is -2.22. The Morgan fingerprint density at radius 1 is 1.15 bits per heavy atom. The summed E-state index contributed by atoms with van der Waals surface area (Å²) in [5.41, 5.74) is 8.45. The highest BCUT2D eigenvalue weighted by Crippen LogP contribution is 2.33. The van der Waals surface area contributed by atoms with E-state index in [4.69, 9.17) is 11.0 Å². The third-order valence-electron chi connectivity index (χ3n) is 2.82. The Labute approximate surface area is 122 Å². The van der Waals surface area contributed by atoms with Gasteiger partial charge in [-0.25, -0.2) is 4.79 Å². The van der Waals surface area contributed by atoms with Crippen molar-refractivity contribution in [2.45, 2.75) is 53.4 Å². The van der Waals surface area contributed by atoms with Gasteiger partial charge in [0.2, 0.25) is 0 Å². The van der Waals surface area contributed by atoms with Gasteiger partial charge in [0, 0.05) is 5.69 Å². The molecule has 4 heteroatoms. The van der Waals surface area contributed by atoms with Gasteiger partial charge in [0.1, 0.15) is 0 Å². The van der Waals surface area contributed by atoms with Gasteiger partial charge in [-0.05, 0) is 35.1 Å². The summed E-state index contributed by atoms with van der Waals surface area (Å²) < 4.78 is 0. The Kier molecular flexibility index (Phi) is 7.38. The van der Waals surface area contributed by atoms with E-state index in [1.807, 2.05) is 53.7 Å². The summed E-state index contributed by atoms with van der Waals surface area (Å²) in [6.07, 6.45) is 0. The van der Waals surface area contributed by atoms with Crippen molar-refractivity contribution >= 4 is 11.7 Å². The Hall–Kier alpha value is -2.02. The summed E-state index contributed by atoms with van der Waals surface area (Å²) >= 11 is 0. The fourth-order valence-corrected chi connectivity index (χ4v) is 1.93. The molecule has 110 valence electrons. The highest BCUT2D eigenvalue weighted by molar-refractivity contribution is 5.90. The zero-order valence-electron chi connectivity index (χ0n) is 13.2. The van der Waals surface area contributed by atoms with E-state index in [0.29, 0.717) is 5.56 Å². The quantitative estimate of drug-likeness (QED) is 0.861. The van der Waals surface area contributed by atoms with Gasteiger partial charge in [0.25, 0.3) is 0 Å². The number of nitrogens with one attached hydrogen (secondary N) is 1. The fraction of sp³-hybridized carbons (Fsp3) is 0.500. The molecule has 3 N–H and O–H groups in total. The Balaban J connectivity index is 0.00000172. The van der Waals surface area contributed by atoms with Crippen molar-refractivity contribution in [3.63, 3.8) is 0 Å². The first-order valence-electron chi connectivity index (χ1n) is 7.01. The van der Waals surface area contributed by atoms with E-state index in [1.54, 1.807) is 0 Å². The van der Waals surface area contributed by atoms with Crippen LogP contribution >= 0.6 is 0 Å². The van der Waals surface area contributed by atoms with Gasteiger partial charge in [-0.3, -0.25) is 0 Å². The summed E-state index contributed by atoms with van der Waals surface area (Å²) in [5.74, 6) is 0.412. The molecule has 0 atom stereocenters. The van der Waals surface area contributed by atoms with E-state index in [2.05, 4.69) is 11.4 Å².